The number of nitrogens with zero attached hydrogens (tertiary/aromatic N) is 2. The molecule has 1 aromatic heterocycles. The molecule has 27 heavy (non-hydrogen) atoms. The highest BCUT2D eigenvalue weighted by Crippen LogP contribution is 2.16. The second kappa shape index (κ2) is 10.3. The number of carbonyl (C=O) groups is 2. The monoisotopic (exact) mass is 369 g/mol. The molecule has 1 amide bonds. The van der Waals surface area contributed by atoms with Crippen molar-refractivity contribution in [1.82, 2.24) is 4.98 Å². The molecule has 2 aromatic rings. The molecule has 0 atom stereocenters. The van der Waals surface area contributed by atoms with Crippen LogP contribution >= 0.6 is 0 Å². The highest BCUT2D eigenvalue weighted by molar-refractivity contribution is 6.04. The first-order chi connectivity index (χ1) is 13.1. The van der Waals surface area contributed by atoms with Gasteiger partial charge in [0.2, 0.25) is 0 Å². The summed E-state index contributed by atoms with van der Waals surface area (Å²) in [4.78, 5) is 30.9. The highest BCUT2D eigenvalue weighted by atomic mass is 16.5. The number of esters is 1. The Bertz CT molecular complexity index is 754. The quantitative estimate of drug-likeness (QED) is 0.673. The average molecular weight is 369 g/mol. The van der Waals surface area contributed by atoms with Crippen molar-refractivity contribution in [3.05, 3.63) is 53.7 Å². The maximum absolute atomic E-state index is 12.6. The van der Waals surface area contributed by atoms with E-state index < -0.39 is 0 Å². The molecule has 0 fully saturated rings. The molecular weight excluding hydrogens is 342 g/mol. The van der Waals surface area contributed by atoms with Crippen LogP contribution in [0.25, 0.3) is 0 Å². The summed E-state index contributed by atoms with van der Waals surface area (Å²) >= 11 is 0. The van der Waals surface area contributed by atoms with Gasteiger partial charge in [-0.15, -0.1) is 0 Å². The predicted octanol–water partition coefficient (Wildman–Crippen LogP) is 4.14. The smallest absolute Gasteiger partial charge is 0.338 e. The van der Waals surface area contributed by atoms with Gasteiger partial charge in [0.25, 0.3) is 5.91 Å². The summed E-state index contributed by atoms with van der Waals surface area (Å²) in [5, 5.41) is 2.85. The average Bonchev–Trinajstić information content (AvgIpc) is 2.68. The van der Waals surface area contributed by atoms with E-state index in [0.717, 1.165) is 31.7 Å². The summed E-state index contributed by atoms with van der Waals surface area (Å²) in [6.45, 7) is 8.15. The standard InChI is InChI=1S/C21H27N3O3/c1-4-13-24(14-5-2)19-15-17(11-12-22-19)20(25)23-18-9-7-16(8-10-18)21(26)27-6-3/h7-12,15H,4-6,13-14H2,1-3H3,(H,23,25). The Balaban J connectivity index is 2.09. The zero-order valence-corrected chi connectivity index (χ0v) is 16.2. The first-order valence-corrected chi connectivity index (χ1v) is 9.38. The van der Waals surface area contributed by atoms with Crippen LogP contribution in [0.5, 0.6) is 0 Å². The molecule has 1 N–H and O–H groups in total. The van der Waals surface area contributed by atoms with Crippen molar-refractivity contribution < 1.29 is 14.3 Å². The number of hydrogen-bond acceptors (Lipinski definition) is 5. The molecule has 0 bridgehead atoms. The predicted molar refractivity (Wildman–Crippen MR) is 107 cm³/mol. The third-order valence-electron chi connectivity index (χ3n) is 3.97. The maximum atomic E-state index is 12.6. The second-order valence-corrected chi connectivity index (χ2v) is 6.14. The molecular formula is C21H27N3O3. The van der Waals surface area contributed by atoms with E-state index in [2.05, 4.69) is 29.0 Å². The van der Waals surface area contributed by atoms with Gasteiger partial charge in [0.1, 0.15) is 5.82 Å². The number of nitrogens with one attached hydrogen (secondary N) is 1. The fourth-order valence-corrected chi connectivity index (χ4v) is 2.72. The molecule has 0 spiro atoms. The van der Waals surface area contributed by atoms with Gasteiger partial charge in [0.05, 0.1) is 12.2 Å². The Morgan fingerprint density at radius 3 is 2.26 bits per heavy atom. The van der Waals surface area contributed by atoms with Gasteiger partial charge in [-0.1, -0.05) is 13.8 Å². The third kappa shape index (κ3) is 5.81. The Morgan fingerprint density at radius 2 is 1.67 bits per heavy atom. The number of amides is 1. The molecule has 0 saturated heterocycles. The molecule has 0 radical (unpaired) electrons. The van der Waals surface area contributed by atoms with Crippen molar-refractivity contribution in [3.8, 4) is 0 Å². The highest BCUT2D eigenvalue weighted by Gasteiger charge is 2.12. The lowest BCUT2D eigenvalue weighted by molar-refractivity contribution is 0.0526. The van der Waals surface area contributed by atoms with Gasteiger partial charge in [-0.05, 0) is 56.2 Å². The molecule has 0 aliphatic rings. The summed E-state index contributed by atoms with van der Waals surface area (Å²) in [5.74, 6) is 0.223. The number of ether oxygens (including phenoxy) is 1. The Labute approximate surface area is 160 Å². The van der Waals surface area contributed by atoms with Crippen LogP contribution in [0.4, 0.5) is 11.5 Å². The van der Waals surface area contributed by atoms with Gasteiger partial charge in [0, 0.05) is 30.5 Å². The summed E-state index contributed by atoms with van der Waals surface area (Å²) in [5.41, 5.74) is 1.62. The van der Waals surface area contributed by atoms with E-state index in [9.17, 15) is 9.59 Å². The molecule has 0 aliphatic heterocycles. The topological polar surface area (TPSA) is 71.5 Å². The van der Waals surface area contributed by atoms with Crippen LogP contribution in [0.15, 0.2) is 42.6 Å². The molecule has 1 heterocycles. The van der Waals surface area contributed by atoms with E-state index in [0.29, 0.717) is 23.4 Å². The Hall–Kier alpha value is -2.89. The number of benzene rings is 1. The lowest BCUT2D eigenvalue weighted by Gasteiger charge is -2.22. The van der Waals surface area contributed by atoms with E-state index in [4.69, 9.17) is 4.74 Å². The van der Waals surface area contributed by atoms with E-state index >= 15 is 0 Å². The molecule has 6 nitrogen and oxygen atoms in total. The normalized spacial score (nSPS) is 10.3. The van der Waals surface area contributed by atoms with Crippen LogP contribution in [0.1, 0.15) is 54.3 Å². The van der Waals surface area contributed by atoms with Crippen molar-refractivity contribution in [3.63, 3.8) is 0 Å². The fraction of sp³-hybridized carbons (Fsp3) is 0.381. The Kier molecular flexibility index (Phi) is 7.79. The number of carbonyl (C=O) groups excluding carboxylic acids is 2. The molecule has 0 saturated carbocycles. The van der Waals surface area contributed by atoms with Crippen LogP contribution in [0.3, 0.4) is 0 Å². The molecule has 6 heteroatoms. The number of aromatic nitrogens is 1. The van der Waals surface area contributed by atoms with Crippen LogP contribution in [-0.2, 0) is 4.74 Å². The van der Waals surface area contributed by atoms with Crippen molar-refractivity contribution >= 4 is 23.4 Å². The van der Waals surface area contributed by atoms with E-state index in [1.165, 1.54) is 0 Å². The van der Waals surface area contributed by atoms with Gasteiger partial charge in [-0.3, -0.25) is 4.79 Å². The molecule has 1 aromatic carbocycles. The number of pyridine rings is 1. The van der Waals surface area contributed by atoms with Gasteiger partial charge < -0.3 is 15.0 Å². The largest absolute Gasteiger partial charge is 0.462 e. The minimum Gasteiger partial charge on any atom is -0.462 e. The second-order valence-electron chi connectivity index (χ2n) is 6.14. The maximum Gasteiger partial charge on any atom is 0.338 e. The molecule has 2 rings (SSSR count). The van der Waals surface area contributed by atoms with Crippen LogP contribution < -0.4 is 10.2 Å². The lowest BCUT2D eigenvalue weighted by atomic mass is 10.2. The zero-order chi connectivity index (χ0) is 19.6. The number of hydrogen-bond donors (Lipinski definition) is 1. The summed E-state index contributed by atoms with van der Waals surface area (Å²) in [6, 6.07) is 10.2. The lowest BCUT2D eigenvalue weighted by Crippen LogP contribution is -2.26. The van der Waals surface area contributed by atoms with Crippen LogP contribution in [0.2, 0.25) is 0 Å². The minimum atomic E-state index is -0.374. The number of anilines is 2. The van der Waals surface area contributed by atoms with E-state index in [1.54, 1.807) is 43.5 Å². The summed E-state index contributed by atoms with van der Waals surface area (Å²) in [6.07, 6.45) is 3.70. The molecule has 0 aliphatic carbocycles. The van der Waals surface area contributed by atoms with Crippen LogP contribution in [-0.4, -0.2) is 36.6 Å². The van der Waals surface area contributed by atoms with Gasteiger partial charge >= 0.3 is 5.97 Å². The summed E-state index contributed by atoms with van der Waals surface area (Å²) in [7, 11) is 0. The van der Waals surface area contributed by atoms with Crippen molar-refractivity contribution in [2.24, 2.45) is 0 Å². The van der Waals surface area contributed by atoms with E-state index in [1.807, 2.05) is 6.07 Å². The SMILES string of the molecule is CCCN(CCC)c1cc(C(=O)Nc2ccc(C(=O)OCC)cc2)ccn1. The van der Waals surface area contributed by atoms with Crippen molar-refractivity contribution in [1.29, 1.82) is 0 Å². The van der Waals surface area contributed by atoms with Gasteiger partial charge in [0.15, 0.2) is 0 Å². The van der Waals surface area contributed by atoms with Crippen molar-refractivity contribution in [2.75, 3.05) is 29.9 Å². The van der Waals surface area contributed by atoms with Crippen LogP contribution in [0, 0.1) is 0 Å². The third-order valence-corrected chi connectivity index (χ3v) is 3.97. The fourth-order valence-electron chi connectivity index (χ4n) is 2.72. The van der Waals surface area contributed by atoms with Gasteiger partial charge in [-0.2, -0.15) is 0 Å². The number of rotatable bonds is 9. The molecule has 144 valence electrons. The first kappa shape index (κ1) is 20.4. The van der Waals surface area contributed by atoms with E-state index in [-0.39, 0.29) is 11.9 Å². The summed E-state index contributed by atoms with van der Waals surface area (Å²) < 4.78 is 4.96. The Morgan fingerprint density at radius 1 is 1.00 bits per heavy atom. The first-order valence-electron chi connectivity index (χ1n) is 9.38. The minimum absolute atomic E-state index is 0.213. The van der Waals surface area contributed by atoms with Crippen molar-refractivity contribution in [2.45, 2.75) is 33.6 Å². The molecule has 0 unspecified atom stereocenters. The zero-order valence-electron chi connectivity index (χ0n) is 16.2. The van der Waals surface area contributed by atoms with Gasteiger partial charge in [-0.25, -0.2) is 9.78 Å².